The topological polar surface area (TPSA) is 79.3 Å². The number of aromatic nitrogens is 1. The quantitative estimate of drug-likeness (QED) is 0.827. The third-order valence-corrected chi connectivity index (χ3v) is 2.59. The van der Waals surface area contributed by atoms with E-state index in [9.17, 15) is 9.59 Å². The molecule has 0 aliphatic carbocycles. The van der Waals surface area contributed by atoms with Crippen molar-refractivity contribution in [1.29, 1.82) is 0 Å². The van der Waals surface area contributed by atoms with Gasteiger partial charge >= 0.3 is 5.97 Å². The second-order valence-electron chi connectivity index (χ2n) is 4.42. The summed E-state index contributed by atoms with van der Waals surface area (Å²) in [6.45, 7) is 7.14. The Bertz CT molecular complexity index is 432. The molecule has 16 heavy (non-hydrogen) atoms. The van der Waals surface area contributed by atoms with Crippen molar-refractivity contribution < 1.29 is 14.7 Å². The number of carboxylic acids is 1. The first-order valence-electron chi connectivity index (χ1n) is 4.74. The molecule has 0 spiro atoms. The van der Waals surface area contributed by atoms with Crippen LogP contribution in [0.25, 0.3) is 0 Å². The molecule has 1 aromatic rings. The molecule has 1 rings (SSSR count). The largest absolute Gasteiger partial charge is 0.477 e. The number of nitrogens with zero attached hydrogens (tertiary/aromatic N) is 1. The summed E-state index contributed by atoms with van der Waals surface area (Å²) >= 11 is 1.01. The molecule has 0 bridgehead atoms. The number of hydrogen-bond acceptors (Lipinski definition) is 4. The Morgan fingerprint density at radius 1 is 1.38 bits per heavy atom. The molecule has 0 unspecified atom stereocenters. The molecule has 6 heteroatoms. The Hall–Kier alpha value is -1.43. The second kappa shape index (κ2) is 4.21. The molecule has 2 N–H and O–H groups in total. The number of thiazole rings is 1. The van der Waals surface area contributed by atoms with Crippen molar-refractivity contribution in [2.75, 3.05) is 0 Å². The first-order chi connectivity index (χ1) is 7.20. The van der Waals surface area contributed by atoms with Crippen molar-refractivity contribution in [1.82, 2.24) is 10.3 Å². The van der Waals surface area contributed by atoms with E-state index in [0.29, 0.717) is 5.01 Å². The Balaban J connectivity index is 3.04. The average molecular weight is 242 g/mol. The zero-order chi connectivity index (χ0) is 12.5. The number of carbonyl (C=O) groups is 2. The number of carboxylic acid groups (broad SMARTS) is 1. The third-order valence-electron chi connectivity index (χ3n) is 1.63. The van der Waals surface area contributed by atoms with Crippen molar-refractivity contribution in [2.24, 2.45) is 0 Å². The van der Waals surface area contributed by atoms with E-state index in [1.807, 2.05) is 20.8 Å². The van der Waals surface area contributed by atoms with Crippen molar-refractivity contribution in [3.63, 3.8) is 0 Å². The van der Waals surface area contributed by atoms with Crippen LogP contribution in [0.2, 0.25) is 0 Å². The van der Waals surface area contributed by atoms with Gasteiger partial charge in [0.15, 0.2) is 5.69 Å². The molecular formula is C10H14N2O3S. The van der Waals surface area contributed by atoms with E-state index < -0.39 is 17.4 Å². The maximum atomic E-state index is 11.8. The number of nitrogens with one attached hydrogen (secondary N) is 1. The summed E-state index contributed by atoms with van der Waals surface area (Å²) in [7, 11) is 0. The molecule has 0 saturated heterocycles. The van der Waals surface area contributed by atoms with Gasteiger partial charge in [-0.25, -0.2) is 9.78 Å². The summed E-state index contributed by atoms with van der Waals surface area (Å²) in [4.78, 5) is 26.6. The van der Waals surface area contributed by atoms with Crippen LogP contribution >= 0.6 is 11.3 Å². The van der Waals surface area contributed by atoms with Gasteiger partial charge in [0.1, 0.15) is 4.88 Å². The average Bonchev–Trinajstić information content (AvgIpc) is 2.44. The third kappa shape index (κ3) is 3.03. The zero-order valence-electron chi connectivity index (χ0n) is 9.62. The lowest BCUT2D eigenvalue weighted by Crippen LogP contribution is -2.41. The highest BCUT2D eigenvalue weighted by atomic mass is 32.1. The Morgan fingerprint density at radius 2 is 1.94 bits per heavy atom. The maximum Gasteiger partial charge on any atom is 0.348 e. The number of aryl methyl sites for hydroxylation is 1. The van der Waals surface area contributed by atoms with Crippen LogP contribution in [0.3, 0.4) is 0 Å². The van der Waals surface area contributed by atoms with E-state index in [1.165, 1.54) is 0 Å². The van der Waals surface area contributed by atoms with E-state index in [-0.39, 0.29) is 10.6 Å². The van der Waals surface area contributed by atoms with Crippen LogP contribution in [0.4, 0.5) is 0 Å². The minimum absolute atomic E-state index is 0.00933. The first-order valence-corrected chi connectivity index (χ1v) is 5.55. The normalized spacial score (nSPS) is 11.2. The summed E-state index contributed by atoms with van der Waals surface area (Å²) in [5.41, 5.74) is -0.422. The number of hydrogen-bond donors (Lipinski definition) is 2. The van der Waals surface area contributed by atoms with Gasteiger partial charge in [0.25, 0.3) is 5.91 Å². The molecule has 0 aliphatic heterocycles. The zero-order valence-corrected chi connectivity index (χ0v) is 10.4. The Morgan fingerprint density at radius 3 is 2.38 bits per heavy atom. The van der Waals surface area contributed by atoms with Crippen molar-refractivity contribution >= 4 is 23.2 Å². The SMILES string of the molecule is Cc1nc(C(=O)NC(C)(C)C)c(C(=O)O)s1. The number of aromatic carboxylic acids is 1. The van der Waals surface area contributed by atoms with Crippen LogP contribution in [0.5, 0.6) is 0 Å². The Kier molecular flexibility index (Phi) is 3.32. The van der Waals surface area contributed by atoms with E-state index >= 15 is 0 Å². The van der Waals surface area contributed by atoms with Gasteiger partial charge in [0.2, 0.25) is 0 Å². The molecule has 0 aliphatic rings. The van der Waals surface area contributed by atoms with Gasteiger partial charge in [-0.05, 0) is 27.7 Å². The van der Waals surface area contributed by atoms with E-state index in [0.717, 1.165) is 11.3 Å². The van der Waals surface area contributed by atoms with Crippen LogP contribution in [-0.2, 0) is 0 Å². The summed E-state index contributed by atoms with van der Waals surface area (Å²) in [6, 6.07) is 0. The van der Waals surface area contributed by atoms with Crippen LogP contribution in [0, 0.1) is 6.92 Å². The smallest absolute Gasteiger partial charge is 0.348 e. The maximum absolute atomic E-state index is 11.8. The van der Waals surface area contributed by atoms with Crippen LogP contribution < -0.4 is 5.32 Å². The van der Waals surface area contributed by atoms with E-state index in [1.54, 1.807) is 6.92 Å². The molecule has 0 radical (unpaired) electrons. The predicted octanol–water partition coefficient (Wildman–Crippen LogP) is 1.68. The highest BCUT2D eigenvalue weighted by Crippen LogP contribution is 2.18. The lowest BCUT2D eigenvalue weighted by Gasteiger charge is -2.19. The summed E-state index contributed by atoms with van der Waals surface area (Å²) < 4.78 is 0. The fourth-order valence-corrected chi connectivity index (χ4v) is 1.88. The predicted molar refractivity (Wildman–Crippen MR) is 61.0 cm³/mol. The lowest BCUT2D eigenvalue weighted by molar-refractivity contribution is 0.0694. The molecule has 1 heterocycles. The Labute approximate surface area is 97.5 Å². The lowest BCUT2D eigenvalue weighted by atomic mass is 10.1. The molecule has 88 valence electrons. The van der Waals surface area contributed by atoms with E-state index in [4.69, 9.17) is 5.11 Å². The number of carbonyl (C=O) groups excluding carboxylic acids is 1. The minimum atomic E-state index is -1.12. The van der Waals surface area contributed by atoms with Crippen LogP contribution in [0.1, 0.15) is 45.9 Å². The standard InChI is InChI=1S/C10H14N2O3S/c1-5-11-6(7(16-5)9(14)15)8(13)12-10(2,3)4/h1-4H3,(H,12,13)(H,14,15). The molecule has 1 aromatic heterocycles. The minimum Gasteiger partial charge on any atom is -0.477 e. The molecule has 0 fully saturated rings. The van der Waals surface area contributed by atoms with Gasteiger partial charge in [-0.3, -0.25) is 4.79 Å². The van der Waals surface area contributed by atoms with Crippen LogP contribution in [-0.4, -0.2) is 27.5 Å². The molecule has 0 atom stereocenters. The first kappa shape index (κ1) is 12.6. The molecule has 0 saturated carbocycles. The highest BCUT2D eigenvalue weighted by Gasteiger charge is 2.24. The van der Waals surface area contributed by atoms with Crippen molar-refractivity contribution in [3.8, 4) is 0 Å². The molecule has 0 aromatic carbocycles. The van der Waals surface area contributed by atoms with Gasteiger partial charge in [-0.2, -0.15) is 0 Å². The van der Waals surface area contributed by atoms with Gasteiger partial charge in [-0.15, -0.1) is 11.3 Å². The fraction of sp³-hybridized carbons (Fsp3) is 0.500. The highest BCUT2D eigenvalue weighted by molar-refractivity contribution is 7.13. The van der Waals surface area contributed by atoms with Gasteiger partial charge in [0.05, 0.1) is 5.01 Å². The van der Waals surface area contributed by atoms with Crippen molar-refractivity contribution in [2.45, 2.75) is 33.2 Å². The summed E-state index contributed by atoms with van der Waals surface area (Å²) in [5, 5.41) is 12.2. The van der Waals surface area contributed by atoms with Crippen molar-refractivity contribution in [3.05, 3.63) is 15.6 Å². The van der Waals surface area contributed by atoms with Gasteiger partial charge in [0, 0.05) is 5.54 Å². The van der Waals surface area contributed by atoms with Crippen LogP contribution in [0.15, 0.2) is 0 Å². The van der Waals surface area contributed by atoms with E-state index in [2.05, 4.69) is 10.3 Å². The second-order valence-corrected chi connectivity index (χ2v) is 5.62. The number of amides is 1. The van der Waals surface area contributed by atoms with Gasteiger partial charge in [-0.1, -0.05) is 0 Å². The summed E-state index contributed by atoms with van der Waals surface area (Å²) in [6.07, 6.45) is 0. The fourth-order valence-electron chi connectivity index (χ4n) is 1.13. The molecular weight excluding hydrogens is 228 g/mol. The van der Waals surface area contributed by atoms with Gasteiger partial charge < -0.3 is 10.4 Å². The monoisotopic (exact) mass is 242 g/mol. The summed E-state index contributed by atoms with van der Waals surface area (Å²) in [5.74, 6) is -1.57. The molecule has 5 nitrogen and oxygen atoms in total. The molecule has 1 amide bonds. The number of rotatable bonds is 2.